The number of allylic oxidation sites excluding steroid dienone is 4. The first-order valence-electron chi connectivity index (χ1n) is 9.66. The van der Waals surface area contributed by atoms with Crippen molar-refractivity contribution in [2.45, 2.75) is 52.1 Å². The van der Waals surface area contributed by atoms with E-state index < -0.39 is 12.1 Å². The molecule has 3 fully saturated rings. The van der Waals surface area contributed by atoms with Gasteiger partial charge in [-0.2, -0.15) is 0 Å². The lowest BCUT2D eigenvalue weighted by Gasteiger charge is -2.58. The van der Waals surface area contributed by atoms with E-state index >= 15 is 0 Å². The number of carbonyl (C=O) groups is 2. The van der Waals surface area contributed by atoms with Crippen LogP contribution in [-0.4, -0.2) is 28.1 Å². The molecular formula is C21H27FO3S. The van der Waals surface area contributed by atoms with Crippen LogP contribution in [0.25, 0.3) is 0 Å². The number of hydrogen-bond donors (Lipinski definition) is 1. The summed E-state index contributed by atoms with van der Waals surface area (Å²) in [5.74, 6) is 0.705. The van der Waals surface area contributed by atoms with Gasteiger partial charge in [-0.1, -0.05) is 37.3 Å². The standard InChI is InChI=1S/C21H27FO3S/c1-20-8-7-13(23)9-12(20)3-4-14-15-5-6-16(19(25)26-11-22)21(15,2)10-17(24)18(14)20/h7-9,14-18,24H,3-6,10-11H2,1-2H3. The van der Waals surface area contributed by atoms with Crippen LogP contribution in [0.3, 0.4) is 0 Å². The second-order valence-corrected chi connectivity index (χ2v) is 9.91. The highest BCUT2D eigenvalue weighted by Crippen LogP contribution is 2.66. The second-order valence-electron chi connectivity index (χ2n) is 9.00. The van der Waals surface area contributed by atoms with Crippen LogP contribution in [-0.2, 0) is 9.59 Å². The molecular weight excluding hydrogens is 351 g/mol. The fraction of sp³-hybridized carbons (Fsp3) is 0.714. The predicted octanol–water partition coefficient (Wildman–Crippen LogP) is 4.07. The van der Waals surface area contributed by atoms with Crippen molar-refractivity contribution < 1.29 is 19.1 Å². The number of carbonyl (C=O) groups excluding carboxylic acids is 2. The summed E-state index contributed by atoms with van der Waals surface area (Å²) >= 11 is 0.786. The number of fused-ring (bicyclic) bond motifs is 5. The van der Waals surface area contributed by atoms with E-state index in [1.54, 1.807) is 12.2 Å². The van der Waals surface area contributed by atoms with E-state index in [0.717, 1.165) is 43.0 Å². The molecule has 0 aromatic heterocycles. The van der Waals surface area contributed by atoms with E-state index in [0.29, 0.717) is 18.3 Å². The topological polar surface area (TPSA) is 54.4 Å². The summed E-state index contributed by atoms with van der Waals surface area (Å²) in [6, 6.07) is -0.671. The van der Waals surface area contributed by atoms with Crippen molar-refractivity contribution >= 4 is 22.7 Å². The number of hydrogen-bond acceptors (Lipinski definition) is 4. The molecule has 142 valence electrons. The van der Waals surface area contributed by atoms with Gasteiger partial charge in [-0.25, -0.2) is 4.39 Å². The van der Waals surface area contributed by atoms with Gasteiger partial charge in [0, 0.05) is 17.3 Å². The van der Waals surface area contributed by atoms with Crippen molar-refractivity contribution in [3.8, 4) is 0 Å². The minimum absolute atomic E-state index is 0.0424. The monoisotopic (exact) mass is 378 g/mol. The number of rotatable bonds is 2. The third-order valence-corrected chi connectivity index (χ3v) is 8.65. The molecule has 7 unspecified atom stereocenters. The SMILES string of the molecule is CC12C=CC(=O)C=C1CCC1C2C(O)CC2(C)C(C(=O)SCF)CCC12. The molecule has 0 aliphatic heterocycles. The van der Waals surface area contributed by atoms with Crippen molar-refractivity contribution in [2.75, 3.05) is 6.01 Å². The normalized spacial score (nSPS) is 47.0. The van der Waals surface area contributed by atoms with Gasteiger partial charge in [0.1, 0.15) is 6.01 Å². The van der Waals surface area contributed by atoms with Gasteiger partial charge in [-0.05, 0) is 61.5 Å². The number of aliphatic hydroxyl groups is 1. The third kappa shape index (κ3) is 2.50. The van der Waals surface area contributed by atoms with E-state index in [4.69, 9.17) is 0 Å². The molecule has 5 heteroatoms. The predicted molar refractivity (Wildman–Crippen MR) is 100 cm³/mol. The van der Waals surface area contributed by atoms with E-state index in [-0.39, 0.29) is 33.6 Å². The highest BCUT2D eigenvalue weighted by Gasteiger charge is 2.62. The molecule has 3 saturated carbocycles. The van der Waals surface area contributed by atoms with Gasteiger partial charge < -0.3 is 5.11 Å². The van der Waals surface area contributed by atoms with E-state index in [2.05, 4.69) is 13.8 Å². The van der Waals surface area contributed by atoms with Gasteiger partial charge in [0.15, 0.2) is 10.9 Å². The minimum atomic E-state index is -0.671. The summed E-state index contributed by atoms with van der Waals surface area (Å²) in [5.41, 5.74) is 0.631. The van der Waals surface area contributed by atoms with Crippen molar-refractivity contribution in [1.82, 2.24) is 0 Å². The molecule has 7 atom stereocenters. The van der Waals surface area contributed by atoms with Crippen molar-refractivity contribution in [3.63, 3.8) is 0 Å². The Morgan fingerprint density at radius 3 is 2.85 bits per heavy atom. The van der Waals surface area contributed by atoms with Crippen LogP contribution in [0.1, 0.15) is 46.0 Å². The first-order valence-corrected chi connectivity index (χ1v) is 10.6. The number of aliphatic hydroxyl groups excluding tert-OH is 1. The van der Waals surface area contributed by atoms with Crippen LogP contribution in [0.2, 0.25) is 0 Å². The number of alkyl halides is 1. The van der Waals surface area contributed by atoms with Gasteiger partial charge in [0.25, 0.3) is 0 Å². The quantitative estimate of drug-likeness (QED) is 0.787. The van der Waals surface area contributed by atoms with Crippen molar-refractivity contribution in [2.24, 2.45) is 34.5 Å². The molecule has 0 aromatic carbocycles. The first-order chi connectivity index (χ1) is 12.3. The first kappa shape index (κ1) is 18.4. The smallest absolute Gasteiger partial charge is 0.195 e. The summed E-state index contributed by atoms with van der Waals surface area (Å²) in [5, 5.41) is 11.1. The Balaban J connectivity index is 1.68. The highest BCUT2D eigenvalue weighted by atomic mass is 32.2. The maximum atomic E-state index is 12.7. The summed E-state index contributed by atoms with van der Waals surface area (Å²) in [4.78, 5) is 24.3. The molecule has 0 radical (unpaired) electrons. The Bertz CT molecular complexity index is 701. The van der Waals surface area contributed by atoms with E-state index in [1.165, 1.54) is 0 Å². The molecule has 0 saturated heterocycles. The molecule has 1 N–H and O–H groups in total. The Morgan fingerprint density at radius 1 is 1.35 bits per heavy atom. The van der Waals surface area contributed by atoms with Crippen LogP contribution >= 0.6 is 11.8 Å². The zero-order chi connectivity index (χ0) is 18.7. The molecule has 0 aromatic rings. The lowest BCUT2D eigenvalue weighted by atomic mass is 9.47. The molecule has 26 heavy (non-hydrogen) atoms. The fourth-order valence-corrected chi connectivity index (χ4v) is 7.56. The number of halogens is 1. The Labute approximate surface area is 158 Å². The number of ketones is 1. The van der Waals surface area contributed by atoms with Crippen LogP contribution < -0.4 is 0 Å². The number of thioether (sulfide) groups is 1. The minimum Gasteiger partial charge on any atom is -0.393 e. The summed E-state index contributed by atoms with van der Waals surface area (Å²) < 4.78 is 12.7. The lowest BCUT2D eigenvalue weighted by Crippen LogP contribution is -2.56. The molecule has 0 bridgehead atoms. The van der Waals surface area contributed by atoms with Gasteiger partial charge in [0.2, 0.25) is 0 Å². The molecule has 4 aliphatic rings. The van der Waals surface area contributed by atoms with Crippen LogP contribution in [0.5, 0.6) is 0 Å². The van der Waals surface area contributed by atoms with Crippen LogP contribution in [0.15, 0.2) is 23.8 Å². The zero-order valence-electron chi connectivity index (χ0n) is 15.4. The molecule has 4 aliphatic carbocycles. The fourth-order valence-electron chi connectivity index (χ4n) is 6.87. The van der Waals surface area contributed by atoms with E-state index in [9.17, 15) is 19.1 Å². The van der Waals surface area contributed by atoms with Gasteiger partial charge >= 0.3 is 0 Å². The van der Waals surface area contributed by atoms with Gasteiger partial charge in [-0.3, -0.25) is 9.59 Å². The molecule has 0 spiro atoms. The lowest BCUT2D eigenvalue weighted by molar-refractivity contribution is -0.132. The van der Waals surface area contributed by atoms with Gasteiger partial charge in [-0.15, -0.1) is 0 Å². The largest absolute Gasteiger partial charge is 0.393 e. The Morgan fingerprint density at radius 2 is 2.12 bits per heavy atom. The second kappa shape index (κ2) is 6.30. The maximum Gasteiger partial charge on any atom is 0.195 e. The average molecular weight is 379 g/mol. The van der Waals surface area contributed by atoms with Crippen molar-refractivity contribution in [3.05, 3.63) is 23.8 Å². The van der Waals surface area contributed by atoms with Gasteiger partial charge in [0.05, 0.1) is 6.10 Å². The maximum absolute atomic E-state index is 12.7. The van der Waals surface area contributed by atoms with Crippen LogP contribution in [0, 0.1) is 34.5 Å². The Hall–Kier alpha value is -0.940. The summed E-state index contributed by atoms with van der Waals surface area (Å²) in [7, 11) is 0. The summed E-state index contributed by atoms with van der Waals surface area (Å²) in [6.45, 7) is 4.29. The highest BCUT2D eigenvalue weighted by molar-refractivity contribution is 8.13. The Kier molecular flexibility index (Phi) is 4.47. The average Bonchev–Trinajstić information content (AvgIpc) is 2.92. The van der Waals surface area contributed by atoms with Crippen LogP contribution in [0.4, 0.5) is 4.39 Å². The zero-order valence-corrected chi connectivity index (χ0v) is 16.2. The molecule has 3 nitrogen and oxygen atoms in total. The van der Waals surface area contributed by atoms with Crippen molar-refractivity contribution in [1.29, 1.82) is 0 Å². The molecule has 0 amide bonds. The third-order valence-electron chi connectivity index (χ3n) is 7.97. The molecule has 0 heterocycles. The summed E-state index contributed by atoms with van der Waals surface area (Å²) in [6.07, 6.45) is 9.11. The molecule has 4 rings (SSSR count). The van der Waals surface area contributed by atoms with E-state index in [1.807, 2.05) is 6.08 Å².